The first-order chi connectivity index (χ1) is 12.5. The molecule has 5 nitrogen and oxygen atoms in total. The van der Waals surface area contributed by atoms with Crippen molar-refractivity contribution in [1.82, 2.24) is 10.2 Å². The van der Waals surface area contributed by atoms with Gasteiger partial charge in [0.15, 0.2) is 0 Å². The highest BCUT2D eigenvalue weighted by molar-refractivity contribution is 5.98. The molecule has 1 fully saturated rings. The zero-order valence-corrected chi connectivity index (χ0v) is 15.3. The summed E-state index contributed by atoms with van der Waals surface area (Å²) in [7, 11) is 0. The van der Waals surface area contributed by atoms with Crippen LogP contribution in [-0.4, -0.2) is 48.9 Å². The molecule has 1 aliphatic rings. The molecule has 0 aliphatic carbocycles. The summed E-state index contributed by atoms with van der Waals surface area (Å²) >= 11 is 0. The Labute approximate surface area is 154 Å². The second-order valence-electron chi connectivity index (χ2n) is 6.82. The van der Waals surface area contributed by atoms with Gasteiger partial charge in [-0.25, -0.2) is 0 Å². The zero-order valence-electron chi connectivity index (χ0n) is 15.3. The number of carbonyl (C=O) groups excluding carboxylic acids is 2. The summed E-state index contributed by atoms with van der Waals surface area (Å²) in [6, 6.07) is 17.3. The predicted octanol–water partition coefficient (Wildman–Crippen LogP) is 2.79. The Kier molecular flexibility index (Phi) is 5.56. The number of hydrogen-bond donors (Lipinski definition) is 1. The summed E-state index contributed by atoms with van der Waals surface area (Å²) in [4.78, 5) is 28.9. The third-order valence-electron chi connectivity index (χ3n) is 4.50. The maximum atomic E-state index is 12.7. The van der Waals surface area contributed by atoms with E-state index in [1.807, 2.05) is 36.9 Å². The largest absolute Gasteiger partial charge is 0.368 e. The second kappa shape index (κ2) is 8.04. The van der Waals surface area contributed by atoms with E-state index in [-0.39, 0.29) is 17.9 Å². The van der Waals surface area contributed by atoms with Gasteiger partial charge in [-0.3, -0.25) is 9.59 Å². The van der Waals surface area contributed by atoms with E-state index < -0.39 is 0 Å². The van der Waals surface area contributed by atoms with Crippen LogP contribution in [0.4, 0.5) is 5.69 Å². The standard InChI is InChI=1S/C21H25N3O2/c1-16(2)22-20(25)17-8-10-18(11-9-17)21(26)24-14-12-23(13-15-24)19-6-4-3-5-7-19/h3-11,16H,12-15H2,1-2H3,(H,22,25). The highest BCUT2D eigenvalue weighted by Gasteiger charge is 2.22. The molecule has 1 saturated heterocycles. The number of nitrogens with one attached hydrogen (secondary N) is 1. The summed E-state index contributed by atoms with van der Waals surface area (Å²) < 4.78 is 0. The molecule has 1 heterocycles. The van der Waals surface area contributed by atoms with Crippen molar-refractivity contribution in [3.8, 4) is 0 Å². The van der Waals surface area contributed by atoms with Gasteiger partial charge >= 0.3 is 0 Å². The number of amides is 2. The van der Waals surface area contributed by atoms with Crippen molar-refractivity contribution in [1.29, 1.82) is 0 Å². The fourth-order valence-corrected chi connectivity index (χ4v) is 3.10. The maximum Gasteiger partial charge on any atom is 0.253 e. The molecular formula is C21H25N3O2. The van der Waals surface area contributed by atoms with Crippen molar-refractivity contribution in [2.24, 2.45) is 0 Å². The number of para-hydroxylation sites is 1. The van der Waals surface area contributed by atoms with Crippen LogP contribution in [0.15, 0.2) is 54.6 Å². The van der Waals surface area contributed by atoms with Crippen molar-refractivity contribution < 1.29 is 9.59 Å². The minimum atomic E-state index is -0.115. The number of piperazine rings is 1. The number of rotatable bonds is 4. The summed E-state index contributed by atoms with van der Waals surface area (Å²) in [5.41, 5.74) is 2.39. The van der Waals surface area contributed by atoms with Crippen molar-refractivity contribution in [2.45, 2.75) is 19.9 Å². The summed E-state index contributed by atoms with van der Waals surface area (Å²) in [6.07, 6.45) is 0. The van der Waals surface area contributed by atoms with Crippen LogP contribution in [0.25, 0.3) is 0 Å². The number of benzene rings is 2. The number of hydrogen-bond acceptors (Lipinski definition) is 3. The SMILES string of the molecule is CC(C)NC(=O)c1ccc(C(=O)N2CCN(c3ccccc3)CC2)cc1. The Morgan fingerprint density at radius 3 is 2.00 bits per heavy atom. The lowest BCUT2D eigenvalue weighted by Crippen LogP contribution is -2.48. The van der Waals surface area contributed by atoms with E-state index >= 15 is 0 Å². The third kappa shape index (κ3) is 4.23. The molecule has 26 heavy (non-hydrogen) atoms. The van der Waals surface area contributed by atoms with E-state index in [1.165, 1.54) is 5.69 Å². The molecular weight excluding hydrogens is 326 g/mol. The molecule has 2 aromatic rings. The van der Waals surface area contributed by atoms with E-state index in [9.17, 15) is 9.59 Å². The monoisotopic (exact) mass is 351 g/mol. The normalized spacial score (nSPS) is 14.4. The maximum absolute atomic E-state index is 12.7. The molecule has 1 N–H and O–H groups in total. The Balaban J connectivity index is 1.59. The van der Waals surface area contributed by atoms with Crippen LogP contribution in [0, 0.1) is 0 Å². The molecule has 0 radical (unpaired) electrons. The van der Waals surface area contributed by atoms with Gasteiger partial charge in [0.1, 0.15) is 0 Å². The average Bonchev–Trinajstić information content (AvgIpc) is 2.68. The topological polar surface area (TPSA) is 52.7 Å². The van der Waals surface area contributed by atoms with Gasteiger partial charge in [0.2, 0.25) is 0 Å². The second-order valence-corrected chi connectivity index (χ2v) is 6.82. The van der Waals surface area contributed by atoms with Gasteiger partial charge in [-0.1, -0.05) is 18.2 Å². The van der Waals surface area contributed by atoms with Gasteiger partial charge in [0.25, 0.3) is 11.8 Å². The number of anilines is 1. The Morgan fingerprint density at radius 2 is 1.42 bits per heavy atom. The molecule has 1 aliphatic heterocycles. The van der Waals surface area contributed by atoms with Crippen LogP contribution in [-0.2, 0) is 0 Å². The third-order valence-corrected chi connectivity index (χ3v) is 4.50. The molecule has 0 saturated carbocycles. The molecule has 2 aromatic carbocycles. The number of carbonyl (C=O) groups is 2. The quantitative estimate of drug-likeness (QED) is 0.922. The van der Waals surface area contributed by atoms with Gasteiger partial charge in [-0.15, -0.1) is 0 Å². The Hall–Kier alpha value is -2.82. The minimum Gasteiger partial charge on any atom is -0.368 e. The fraction of sp³-hybridized carbons (Fsp3) is 0.333. The van der Waals surface area contributed by atoms with Crippen LogP contribution < -0.4 is 10.2 Å². The van der Waals surface area contributed by atoms with Crippen LogP contribution in [0.5, 0.6) is 0 Å². The molecule has 136 valence electrons. The lowest BCUT2D eigenvalue weighted by molar-refractivity contribution is 0.0746. The Morgan fingerprint density at radius 1 is 0.846 bits per heavy atom. The Bertz CT molecular complexity index is 749. The first-order valence-electron chi connectivity index (χ1n) is 9.05. The summed E-state index contributed by atoms with van der Waals surface area (Å²) in [5, 5.41) is 2.85. The van der Waals surface area contributed by atoms with E-state index in [2.05, 4.69) is 22.3 Å². The lowest BCUT2D eigenvalue weighted by atomic mass is 10.1. The van der Waals surface area contributed by atoms with Gasteiger partial charge in [-0.05, 0) is 50.2 Å². The summed E-state index contributed by atoms with van der Waals surface area (Å²) in [5.74, 6) is -0.0935. The summed E-state index contributed by atoms with van der Waals surface area (Å²) in [6.45, 7) is 6.89. The lowest BCUT2D eigenvalue weighted by Gasteiger charge is -2.36. The smallest absolute Gasteiger partial charge is 0.253 e. The molecule has 2 amide bonds. The first kappa shape index (κ1) is 18.0. The molecule has 0 unspecified atom stereocenters. The highest BCUT2D eigenvalue weighted by Crippen LogP contribution is 2.17. The fourth-order valence-electron chi connectivity index (χ4n) is 3.10. The number of nitrogens with zero attached hydrogens (tertiary/aromatic N) is 2. The van der Waals surface area contributed by atoms with Crippen molar-refractivity contribution in [3.63, 3.8) is 0 Å². The first-order valence-corrected chi connectivity index (χ1v) is 9.05. The van der Waals surface area contributed by atoms with Crippen LogP contribution in [0.3, 0.4) is 0 Å². The van der Waals surface area contributed by atoms with Crippen molar-refractivity contribution >= 4 is 17.5 Å². The zero-order chi connectivity index (χ0) is 18.5. The molecule has 0 aromatic heterocycles. The molecule has 5 heteroatoms. The average molecular weight is 351 g/mol. The highest BCUT2D eigenvalue weighted by atomic mass is 16.2. The molecule has 0 atom stereocenters. The van der Waals surface area contributed by atoms with Crippen molar-refractivity contribution in [3.05, 3.63) is 65.7 Å². The van der Waals surface area contributed by atoms with Gasteiger partial charge in [0, 0.05) is 49.0 Å². The predicted molar refractivity (Wildman–Crippen MR) is 104 cm³/mol. The van der Waals surface area contributed by atoms with Gasteiger partial charge < -0.3 is 15.1 Å². The van der Waals surface area contributed by atoms with Crippen LogP contribution >= 0.6 is 0 Å². The molecule has 0 bridgehead atoms. The van der Waals surface area contributed by atoms with E-state index in [0.717, 1.165) is 13.1 Å². The van der Waals surface area contributed by atoms with E-state index in [0.29, 0.717) is 24.2 Å². The van der Waals surface area contributed by atoms with Gasteiger partial charge in [-0.2, -0.15) is 0 Å². The van der Waals surface area contributed by atoms with E-state index in [1.54, 1.807) is 24.3 Å². The van der Waals surface area contributed by atoms with Crippen LogP contribution in [0.2, 0.25) is 0 Å². The molecule has 3 rings (SSSR count). The minimum absolute atomic E-state index is 0.0218. The van der Waals surface area contributed by atoms with Gasteiger partial charge in [0.05, 0.1) is 0 Å². The van der Waals surface area contributed by atoms with E-state index in [4.69, 9.17) is 0 Å². The van der Waals surface area contributed by atoms with Crippen LogP contribution in [0.1, 0.15) is 34.6 Å². The van der Waals surface area contributed by atoms with Crippen molar-refractivity contribution in [2.75, 3.05) is 31.1 Å². The molecule has 0 spiro atoms.